The molecule has 0 radical (unpaired) electrons. The Morgan fingerprint density at radius 1 is 0.903 bits per heavy atom. The van der Waals surface area contributed by atoms with Crippen LogP contribution in [0.25, 0.3) is 0 Å². The lowest BCUT2D eigenvalue weighted by Gasteiger charge is -2.28. The highest BCUT2D eigenvalue weighted by Gasteiger charge is 2.34. The Morgan fingerprint density at radius 2 is 1.61 bits per heavy atom. The summed E-state index contributed by atoms with van der Waals surface area (Å²) in [6.07, 6.45) is 1.36. The van der Waals surface area contributed by atoms with E-state index < -0.39 is 10.0 Å². The number of nitrogens with zero attached hydrogens (tertiary/aromatic N) is 2. The molecule has 2 aliphatic heterocycles. The van der Waals surface area contributed by atoms with Gasteiger partial charge in [-0.2, -0.15) is 4.31 Å². The van der Waals surface area contributed by atoms with Gasteiger partial charge in [0.1, 0.15) is 0 Å². The quantitative estimate of drug-likeness (QED) is 0.628. The topological polar surface area (TPSA) is 57.7 Å². The van der Waals surface area contributed by atoms with E-state index >= 15 is 0 Å². The zero-order chi connectivity index (χ0) is 21.6. The number of rotatable bonds is 3. The Labute approximate surface area is 183 Å². The highest BCUT2D eigenvalue weighted by Crippen LogP contribution is 2.36. The zero-order valence-corrected chi connectivity index (χ0v) is 18.2. The molecule has 1 unspecified atom stereocenters. The van der Waals surface area contributed by atoms with Crippen LogP contribution < -0.4 is 4.90 Å². The summed E-state index contributed by atoms with van der Waals surface area (Å²) in [6.45, 7) is 2.87. The highest BCUT2D eigenvalue weighted by atomic mass is 32.2. The largest absolute Gasteiger partial charge is 0.305 e. The second kappa shape index (κ2) is 7.62. The van der Waals surface area contributed by atoms with Gasteiger partial charge in [0.05, 0.1) is 4.90 Å². The zero-order valence-electron chi connectivity index (χ0n) is 17.4. The molecule has 5 nitrogen and oxygen atoms in total. The maximum Gasteiger partial charge on any atom is 0.258 e. The van der Waals surface area contributed by atoms with E-state index in [9.17, 15) is 13.2 Å². The molecule has 2 aliphatic rings. The van der Waals surface area contributed by atoms with E-state index in [0.717, 1.165) is 23.2 Å². The molecule has 31 heavy (non-hydrogen) atoms. The molecule has 3 aromatic carbocycles. The number of fused-ring (bicyclic) bond motifs is 2. The fourth-order valence-electron chi connectivity index (χ4n) is 4.62. The molecule has 0 saturated carbocycles. The number of hydrogen-bond donors (Lipinski definition) is 0. The van der Waals surface area contributed by atoms with E-state index in [4.69, 9.17) is 0 Å². The average Bonchev–Trinajstić information content (AvgIpc) is 3.13. The minimum atomic E-state index is -3.60. The number of carbonyl (C=O) groups is 1. The Kier molecular flexibility index (Phi) is 4.91. The lowest BCUT2D eigenvalue weighted by Crippen LogP contribution is -2.36. The minimum Gasteiger partial charge on any atom is -0.305 e. The molecule has 0 aromatic heterocycles. The van der Waals surface area contributed by atoms with E-state index in [0.29, 0.717) is 30.0 Å². The Bertz CT molecular complexity index is 1250. The first-order valence-electron chi connectivity index (χ1n) is 10.5. The maximum absolute atomic E-state index is 13.4. The number of hydrogen-bond acceptors (Lipinski definition) is 3. The normalized spacial score (nSPS) is 18.5. The lowest BCUT2D eigenvalue weighted by atomic mass is 10.0. The van der Waals surface area contributed by atoms with Gasteiger partial charge < -0.3 is 4.90 Å². The number of carbonyl (C=O) groups excluding carboxylic acids is 1. The van der Waals surface area contributed by atoms with Gasteiger partial charge in [0.2, 0.25) is 10.0 Å². The number of benzene rings is 3. The van der Waals surface area contributed by atoms with Crippen LogP contribution in [0.5, 0.6) is 0 Å². The fraction of sp³-hybridized carbons (Fsp3) is 0.240. The molecule has 0 bridgehead atoms. The summed E-state index contributed by atoms with van der Waals surface area (Å²) in [5, 5.41) is 0. The van der Waals surface area contributed by atoms with Crippen LogP contribution in [-0.2, 0) is 29.4 Å². The van der Waals surface area contributed by atoms with Crippen molar-refractivity contribution in [1.82, 2.24) is 4.31 Å². The summed E-state index contributed by atoms with van der Waals surface area (Å²) < 4.78 is 28.3. The van der Waals surface area contributed by atoms with Crippen LogP contribution >= 0.6 is 0 Å². The van der Waals surface area contributed by atoms with Crippen molar-refractivity contribution in [3.05, 3.63) is 95.1 Å². The van der Waals surface area contributed by atoms with Crippen molar-refractivity contribution in [3.63, 3.8) is 0 Å². The third kappa shape index (κ3) is 3.46. The van der Waals surface area contributed by atoms with Gasteiger partial charge in [0.25, 0.3) is 5.91 Å². The van der Waals surface area contributed by atoms with E-state index in [1.165, 1.54) is 5.56 Å². The lowest BCUT2D eigenvalue weighted by molar-refractivity contribution is 0.0981. The van der Waals surface area contributed by atoms with Crippen molar-refractivity contribution >= 4 is 21.6 Å². The molecular weight excluding hydrogens is 408 g/mol. The van der Waals surface area contributed by atoms with Gasteiger partial charge in [-0.15, -0.1) is 0 Å². The molecule has 1 atom stereocenters. The van der Waals surface area contributed by atoms with Crippen LogP contribution in [-0.4, -0.2) is 31.2 Å². The first-order chi connectivity index (χ1) is 14.9. The SMILES string of the molecule is CC1Cc2cc(S(=O)(=O)N3CCc4ccccc4C3)ccc2N1C(=O)c1ccccc1. The van der Waals surface area contributed by atoms with Crippen molar-refractivity contribution in [1.29, 1.82) is 0 Å². The van der Waals surface area contributed by atoms with Crippen molar-refractivity contribution in [3.8, 4) is 0 Å². The van der Waals surface area contributed by atoms with E-state index in [1.54, 1.807) is 39.5 Å². The summed E-state index contributed by atoms with van der Waals surface area (Å²) >= 11 is 0. The number of amides is 1. The molecule has 0 N–H and O–H groups in total. The average molecular weight is 433 g/mol. The van der Waals surface area contributed by atoms with Crippen LogP contribution in [0.1, 0.15) is 34.0 Å². The maximum atomic E-state index is 13.4. The van der Waals surface area contributed by atoms with Gasteiger partial charge in [-0.25, -0.2) is 8.42 Å². The van der Waals surface area contributed by atoms with Crippen molar-refractivity contribution in [2.75, 3.05) is 11.4 Å². The molecule has 0 fully saturated rings. The molecular formula is C25H24N2O3S. The summed E-state index contributed by atoms with van der Waals surface area (Å²) in [5.74, 6) is -0.0601. The molecule has 0 spiro atoms. The van der Waals surface area contributed by atoms with Gasteiger partial charge in [0, 0.05) is 30.4 Å². The molecule has 2 heterocycles. The van der Waals surface area contributed by atoms with Crippen LogP contribution in [0.3, 0.4) is 0 Å². The fourth-order valence-corrected chi connectivity index (χ4v) is 6.09. The predicted octanol–water partition coefficient (Wildman–Crippen LogP) is 4.03. The molecule has 0 saturated heterocycles. The van der Waals surface area contributed by atoms with E-state index in [2.05, 4.69) is 6.07 Å². The van der Waals surface area contributed by atoms with Crippen molar-refractivity contribution in [2.24, 2.45) is 0 Å². The van der Waals surface area contributed by atoms with Crippen LogP contribution in [0.15, 0.2) is 77.7 Å². The van der Waals surface area contributed by atoms with Gasteiger partial charge >= 0.3 is 0 Å². The second-order valence-electron chi connectivity index (χ2n) is 8.24. The van der Waals surface area contributed by atoms with Crippen LogP contribution in [0.4, 0.5) is 5.69 Å². The molecule has 158 valence electrons. The molecule has 6 heteroatoms. The summed E-state index contributed by atoms with van der Waals surface area (Å²) in [6, 6.07) is 22.3. The third-order valence-electron chi connectivity index (χ3n) is 6.24. The predicted molar refractivity (Wildman–Crippen MR) is 121 cm³/mol. The number of anilines is 1. The van der Waals surface area contributed by atoms with E-state index in [1.807, 2.05) is 43.3 Å². The Morgan fingerprint density at radius 3 is 2.39 bits per heavy atom. The summed E-state index contributed by atoms with van der Waals surface area (Å²) in [4.78, 5) is 15.1. The van der Waals surface area contributed by atoms with Gasteiger partial charge in [-0.3, -0.25) is 4.79 Å². The molecule has 1 amide bonds. The van der Waals surface area contributed by atoms with Crippen molar-refractivity contribution in [2.45, 2.75) is 37.2 Å². The van der Waals surface area contributed by atoms with Gasteiger partial charge in [-0.1, -0.05) is 42.5 Å². The first kappa shape index (κ1) is 20.0. The highest BCUT2D eigenvalue weighted by molar-refractivity contribution is 7.89. The monoisotopic (exact) mass is 432 g/mol. The first-order valence-corrected chi connectivity index (χ1v) is 12.0. The van der Waals surface area contributed by atoms with E-state index in [-0.39, 0.29) is 11.9 Å². The Hall–Kier alpha value is -2.96. The standard InChI is InChI=1S/C25H24N2O3S/c1-18-15-22-16-23(11-12-24(22)27(18)25(28)20-8-3-2-4-9-20)31(29,30)26-14-13-19-7-5-6-10-21(19)17-26/h2-12,16,18H,13-15,17H2,1H3. The van der Waals surface area contributed by atoms with Crippen molar-refractivity contribution < 1.29 is 13.2 Å². The van der Waals surface area contributed by atoms with Gasteiger partial charge in [0.15, 0.2) is 0 Å². The van der Waals surface area contributed by atoms with Crippen LogP contribution in [0, 0.1) is 0 Å². The van der Waals surface area contributed by atoms with Crippen LogP contribution in [0.2, 0.25) is 0 Å². The summed E-state index contributed by atoms with van der Waals surface area (Å²) in [7, 11) is -3.60. The molecule has 5 rings (SSSR count). The smallest absolute Gasteiger partial charge is 0.258 e. The summed E-state index contributed by atoms with van der Waals surface area (Å²) in [5.41, 5.74) is 4.60. The molecule has 3 aromatic rings. The third-order valence-corrected chi connectivity index (χ3v) is 8.08. The van der Waals surface area contributed by atoms with Gasteiger partial charge in [-0.05, 0) is 66.8 Å². The minimum absolute atomic E-state index is 0.0254. The second-order valence-corrected chi connectivity index (χ2v) is 10.2. The Balaban J connectivity index is 1.45. The number of sulfonamides is 1. The molecule has 0 aliphatic carbocycles.